The first-order valence-corrected chi connectivity index (χ1v) is 7.06. The van der Waals surface area contributed by atoms with Crippen LogP contribution in [-0.4, -0.2) is 71.7 Å². The maximum Gasteiger partial charge on any atom is 0.257 e. The van der Waals surface area contributed by atoms with Crippen molar-refractivity contribution in [3.8, 4) is 0 Å². The molecule has 20 heavy (non-hydrogen) atoms. The molecule has 2 rings (SSSR count). The zero-order valence-corrected chi connectivity index (χ0v) is 11.9. The largest absolute Gasteiger partial charge is 0.395 e. The summed E-state index contributed by atoms with van der Waals surface area (Å²) in [6, 6.07) is 1.83. The maximum atomic E-state index is 12.5. The number of rotatable bonds is 5. The highest BCUT2D eigenvalue weighted by Gasteiger charge is 2.23. The summed E-state index contributed by atoms with van der Waals surface area (Å²) < 4.78 is 0. The Morgan fingerprint density at radius 2 is 2.15 bits per heavy atom. The summed E-state index contributed by atoms with van der Waals surface area (Å²) >= 11 is 0. The van der Waals surface area contributed by atoms with E-state index >= 15 is 0 Å². The van der Waals surface area contributed by atoms with Gasteiger partial charge in [0.1, 0.15) is 0 Å². The summed E-state index contributed by atoms with van der Waals surface area (Å²) in [6.45, 7) is 6.63. The summed E-state index contributed by atoms with van der Waals surface area (Å²) in [6.07, 6.45) is 3.31. The van der Waals surface area contributed by atoms with E-state index in [1.54, 1.807) is 12.4 Å². The number of pyridine rings is 1. The Labute approximate surface area is 119 Å². The predicted octanol–water partition coefficient (Wildman–Crippen LogP) is 0.263. The van der Waals surface area contributed by atoms with Crippen LogP contribution >= 0.6 is 0 Å². The maximum absolute atomic E-state index is 12.5. The monoisotopic (exact) mass is 278 g/mol. The van der Waals surface area contributed by atoms with Crippen LogP contribution in [0.2, 0.25) is 0 Å². The fourth-order valence-electron chi connectivity index (χ4n) is 2.40. The van der Waals surface area contributed by atoms with Gasteiger partial charge in [-0.1, -0.05) is 0 Å². The van der Waals surface area contributed by atoms with Gasteiger partial charge in [0.2, 0.25) is 0 Å². The number of hydrogen-bond donors (Lipinski definition) is 2. The van der Waals surface area contributed by atoms with Crippen molar-refractivity contribution in [2.45, 2.75) is 6.92 Å². The van der Waals surface area contributed by atoms with Crippen LogP contribution < -0.4 is 5.32 Å². The van der Waals surface area contributed by atoms with Gasteiger partial charge in [-0.3, -0.25) is 14.7 Å². The molecule has 110 valence electrons. The Hall–Kier alpha value is -1.66. The molecule has 1 saturated heterocycles. The molecule has 6 heteroatoms. The second kappa shape index (κ2) is 7.21. The normalized spacial score (nSPS) is 16.2. The van der Waals surface area contributed by atoms with Gasteiger partial charge in [-0.05, 0) is 13.0 Å². The molecule has 0 aliphatic carbocycles. The number of β-amino-alcohol motifs (C(OH)–C–C–N with tert-alkyl or cyclic N) is 1. The van der Waals surface area contributed by atoms with E-state index < -0.39 is 0 Å². The van der Waals surface area contributed by atoms with Gasteiger partial charge in [0.15, 0.2) is 0 Å². The molecule has 1 fully saturated rings. The predicted molar refractivity (Wildman–Crippen MR) is 77.8 cm³/mol. The molecule has 1 aromatic rings. The second-order valence-electron chi connectivity index (χ2n) is 4.81. The Balaban J connectivity index is 2.02. The molecule has 0 radical (unpaired) electrons. The minimum absolute atomic E-state index is 0.0256. The quantitative estimate of drug-likeness (QED) is 0.809. The standard InChI is InChI=1S/C14H22N4O2/c1-2-16-13-3-4-15-11-12(13)14(20)18-7-5-17(6-8-18)9-10-19/h3-4,11,19H,2,5-10H2,1H3,(H,15,16). The van der Waals surface area contributed by atoms with Crippen LogP contribution in [-0.2, 0) is 0 Å². The van der Waals surface area contributed by atoms with Crippen LogP contribution in [0.25, 0.3) is 0 Å². The molecular weight excluding hydrogens is 256 g/mol. The van der Waals surface area contributed by atoms with Crippen molar-refractivity contribution >= 4 is 11.6 Å². The van der Waals surface area contributed by atoms with Crippen molar-refractivity contribution in [2.75, 3.05) is 51.2 Å². The zero-order chi connectivity index (χ0) is 14.4. The van der Waals surface area contributed by atoms with E-state index in [1.165, 1.54) is 0 Å². The van der Waals surface area contributed by atoms with Crippen LogP contribution in [0.15, 0.2) is 18.5 Å². The molecule has 0 aromatic carbocycles. The van der Waals surface area contributed by atoms with Crippen molar-refractivity contribution < 1.29 is 9.90 Å². The lowest BCUT2D eigenvalue weighted by Crippen LogP contribution is -2.49. The van der Waals surface area contributed by atoms with E-state index in [-0.39, 0.29) is 12.5 Å². The van der Waals surface area contributed by atoms with Gasteiger partial charge >= 0.3 is 0 Å². The van der Waals surface area contributed by atoms with E-state index in [0.29, 0.717) is 25.2 Å². The highest BCUT2D eigenvalue weighted by atomic mass is 16.3. The first-order valence-electron chi connectivity index (χ1n) is 7.06. The fraction of sp³-hybridized carbons (Fsp3) is 0.571. The highest BCUT2D eigenvalue weighted by Crippen LogP contribution is 2.16. The molecule has 0 spiro atoms. The number of nitrogens with zero attached hydrogens (tertiary/aromatic N) is 3. The van der Waals surface area contributed by atoms with Gasteiger partial charge in [0.05, 0.1) is 17.9 Å². The molecule has 0 unspecified atom stereocenters. The highest BCUT2D eigenvalue weighted by molar-refractivity contribution is 5.99. The van der Waals surface area contributed by atoms with Crippen LogP contribution in [0.1, 0.15) is 17.3 Å². The Morgan fingerprint density at radius 3 is 2.80 bits per heavy atom. The third-order valence-electron chi connectivity index (χ3n) is 3.49. The average molecular weight is 278 g/mol. The summed E-state index contributed by atoms with van der Waals surface area (Å²) in [4.78, 5) is 20.6. The number of aliphatic hydroxyl groups is 1. The van der Waals surface area contributed by atoms with E-state index in [0.717, 1.165) is 25.3 Å². The van der Waals surface area contributed by atoms with Crippen LogP contribution in [0.5, 0.6) is 0 Å². The summed E-state index contributed by atoms with van der Waals surface area (Å²) in [5, 5.41) is 12.1. The molecular formula is C14H22N4O2. The van der Waals surface area contributed by atoms with Crippen LogP contribution in [0, 0.1) is 0 Å². The molecule has 1 aromatic heterocycles. The van der Waals surface area contributed by atoms with Gasteiger partial charge in [-0.25, -0.2) is 0 Å². The van der Waals surface area contributed by atoms with E-state index in [9.17, 15) is 4.79 Å². The first kappa shape index (κ1) is 14.7. The van der Waals surface area contributed by atoms with E-state index in [2.05, 4.69) is 15.2 Å². The SMILES string of the molecule is CCNc1ccncc1C(=O)N1CCN(CCO)CC1. The van der Waals surface area contributed by atoms with Crippen molar-refractivity contribution in [1.29, 1.82) is 0 Å². The van der Waals surface area contributed by atoms with Crippen molar-refractivity contribution in [2.24, 2.45) is 0 Å². The van der Waals surface area contributed by atoms with Crippen molar-refractivity contribution in [3.63, 3.8) is 0 Å². The lowest BCUT2D eigenvalue weighted by atomic mass is 10.2. The van der Waals surface area contributed by atoms with Crippen molar-refractivity contribution in [3.05, 3.63) is 24.0 Å². The molecule has 2 heterocycles. The van der Waals surface area contributed by atoms with Crippen molar-refractivity contribution in [1.82, 2.24) is 14.8 Å². The number of nitrogens with one attached hydrogen (secondary N) is 1. The molecule has 0 saturated carbocycles. The number of hydrogen-bond acceptors (Lipinski definition) is 5. The topological polar surface area (TPSA) is 68.7 Å². The average Bonchev–Trinajstić information content (AvgIpc) is 2.49. The summed E-state index contributed by atoms with van der Waals surface area (Å²) in [5.41, 5.74) is 1.47. The number of piperazine rings is 1. The number of amides is 1. The van der Waals surface area contributed by atoms with Gasteiger partial charge in [-0.2, -0.15) is 0 Å². The summed E-state index contributed by atoms with van der Waals surface area (Å²) in [5.74, 6) is 0.0256. The Bertz CT molecular complexity index is 445. The van der Waals surface area contributed by atoms with E-state index in [1.807, 2.05) is 17.9 Å². The number of carbonyl (C=O) groups is 1. The third-order valence-corrected chi connectivity index (χ3v) is 3.49. The smallest absolute Gasteiger partial charge is 0.257 e. The van der Waals surface area contributed by atoms with E-state index in [4.69, 9.17) is 5.11 Å². The van der Waals surface area contributed by atoms with Gasteiger partial charge in [0.25, 0.3) is 5.91 Å². The minimum atomic E-state index is 0.0256. The molecule has 0 bridgehead atoms. The van der Waals surface area contributed by atoms with Gasteiger partial charge in [-0.15, -0.1) is 0 Å². The number of aliphatic hydroxyl groups excluding tert-OH is 1. The first-order chi connectivity index (χ1) is 9.76. The molecule has 6 nitrogen and oxygen atoms in total. The number of anilines is 1. The molecule has 1 aliphatic rings. The number of aromatic nitrogens is 1. The Morgan fingerprint density at radius 1 is 1.40 bits per heavy atom. The van der Waals surface area contributed by atoms with Crippen LogP contribution in [0.4, 0.5) is 5.69 Å². The zero-order valence-electron chi connectivity index (χ0n) is 11.9. The summed E-state index contributed by atoms with van der Waals surface area (Å²) in [7, 11) is 0. The molecule has 2 N–H and O–H groups in total. The molecule has 0 atom stereocenters. The second-order valence-corrected chi connectivity index (χ2v) is 4.81. The van der Waals surface area contributed by atoms with Gasteiger partial charge in [0, 0.05) is 51.7 Å². The lowest BCUT2D eigenvalue weighted by molar-refractivity contribution is 0.0615. The van der Waals surface area contributed by atoms with Crippen LogP contribution in [0.3, 0.4) is 0 Å². The molecule has 1 aliphatic heterocycles. The lowest BCUT2D eigenvalue weighted by Gasteiger charge is -2.34. The minimum Gasteiger partial charge on any atom is -0.395 e. The Kier molecular flexibility index (Phi) is 5.31. The third kappa shape index (κ3) is 3.46. The molecule has 1 amide bonds. The van der Waals surface area contributed by atoms with Gasteiger partial charge < -0.3 is 15.3 Å². The fourth-order valence-corrected chi connectivity index (χ4v) is 2.40. The number of carbonyl (C=O) groups excluding carboxylic acids is 1.